The standard InChI is InChI=1S/C20H23NO2/c22-15-6-5-14-11-19-17-4-1-7-20(17,18(14)12-15)8-9-21(19)13-16-3-2-10-23-16/h2-3,5-6,10,12,17,19,22H,1,4,7-9,11,13H2/t17-,19+,20+/m0/s1. The topological polar surface area (TPSA) is 36.6 Å². The monoisotopic (exact) mass is 309 g/mol. The van der Waals surface area contributed by atoms with Crippen LogP contribution in [-0.4, -0.2) is 22.6 Å². The van der Waals surface area contributed by atoms with Crippen LogP contribution >= 0.6 is 0 Å². The second kappa shape index (κ2) is 4.88. The molecule has 3 aliphatic rings. The van der Waals surface area contributed by atoms with Crippen molar-refractivity contribution in [1.29, 1.82) is 0 Å². The number of nitrogens with zero attached hydrogens (tertiary/aromatic N) is 1. The lowest BCUT2D eigenvalue weighted by Crippen LogP contribution is -2.57. The molecule has 2 bridgehead atoms. The summed E-state index contributed by atoms with van der Waals surface area (Å²) in [5.41, 5.74) is 3.22. The van der Waals surface area contributed by atoms with Gasteiger partial charge in [-0.3, -0.25) is 4.90 Å². The lowest BCUT2D eigenvalue weighted by atomic mass is 9.59. The second-order valence-corrected chi connectivity index (χ2v) is 7.57. The average molecular weight is 309 g/mol. The van der Waals surface area contributed by atoms with Gasteiger partial charge in [-0.15, -0.1) is 0 Å². The molecule has 2 aliphatic carbocycles. The molecule has 2 fully saturated rings. The van der Waals surface area contributed by atoms with Crippen LogP contribution in [0, 0.1) is 5.92 Å². The molecule has 1 N–H and O–H groups in total. The minimum atomic E-state index is 0.316. The lowest BCUT2D eigenvalue weighted by Gasteiger charge is -2.54. The fourth-order valence-corrected chi connectivity index (χ4v) is 5.70. The van der Waals surface area contributed by atoms with Crippen molar-refractivity contribution >= 4 is 0 Å². The Bertz CT molecular complexity index is 723. The van der Waals surface area contributed by atoms with E-state index in [9.17, 15) is 5.11 Å². The first-order valence-electron chi connectivity index (χ1n) is 8.85. The second-order valence-electron chi connectivity index (χ2n) is 7.57. The summed E-state index contributed by atoms with van der Waals surface area (Å²) < 4.78 is 5.59. The van der Waals surface area contributed by atoms with E-state index in [4.69, 9.17) is 4.42 Å². The highest BCUT2D eigenvalue weighted by Gasteiger charge is 2.55. The van der Waals surface area contributed by atoms with Crippen molar-refractivity contribution in [3.63, 3.8) is 0 Å². The number of phenols is 1. The van der Waals surface area contributed by atoms with Crippen LogP contribution in [0.5, 0.6) is 5.75 Å². The number of furan rings is 1. The van der Waals surface area contributed by atoms with Gasteiger partial charge in [-0.2, -0.15) is 0 Å². The molecule has 3 heteroatoms. The molecule has 2 aromatic rings. The van der Waals surface area contributed by atoms with Crippen LogP contribution in [0.2, 0.25) is 0 Å². The van der Waals surface area contributed by atoms with E-state index in [1.807, 2.05) is 12.1 Å². The van der Waals surface area contributed by atoms with Crippen LogP contribution in [0.25, 0.3) is 0 Å². The van der Waals surface area contributed by atoms with E-state index >= 15 is 0 Å². The highest BCUT2D eigenvalue weighted by molar-refractivity contribution is 5.45. The Morgan fingerprint density at radius 1 is 1.26 bits per heavy atom. The number of piperidine rings is 1. The number of likely N-dealkylation sites (tertiary alicyclic amines) is 1. The molecule has 1 saturated carbocycles. The number of phenolic OH excluding ortho intramolecular Hbond substituents is 1. The SMILES string of the molecule is Oc1ccc2c(c1)[C@@]13CCC[C@H]1[C@@H](C2)N(Cc1ccco1)CC3. The highest BCUT2D eigenvalue weighted by Crippen LogP contribution is 2.57. The third kappa shape index (κ3) is 1.92. The predicted octanol–water partition coefficient (Wildman–Crippen LogP) is 3.85. The predicted molar refractivity (Wildman–Crippen MR) is 88.4 cm³/mol. The van der Waals surface area contributed by atoms with Gasteiger partial charge in [-0.05, 0) is 73.5 Å². The van der Waals surface area contributed by atoms with Crippen LogP contribution in [0.15, 0.2) is 41.0 Å². The Balaban J connectivity index is 1.55. The van der Waals surface area contributed by atoms with E-state index in [-0.39, 0.29) is 0 Å². The van der Waals surface area contributed by atoms with Crippen molar-refractivity contribution in [3.8, 4) is 5.75 Å². The number of aromatic hydroxyl groups is 1. The van der Waals surface area contributed by atoms with E-state index in [0.717, 1.165) is 31.2 Å². The third-order valence-electron chi connectivity index (χ3n) is 6.62. The van der Waals surface area contributed by atoms with Gasteiger partial charge in [-0.1, -0.05) is 12.5 Å². The minimum Gasteiger partial charge on any atom is -0.508 e. The van der Waals surface area contributed by atoms with Gasteiger partial charge in [0, 0.05) is 11.5 Å². The molecule has 1 aliphatic heterocycles. The van der Waals surface area contributed by atoms with Gasteiger partial charge in [-0.25, -0.2) is 0 Å². The van der Waals surface area contributed by atoms with Crippen molar-refractivity contribution in [2.45, 2.75) is 50.1 Å². The molecule has 0 amide bonds. The van der Waals surface area contributed by atoms with Crippen molar-refractivity contribution in [3.05, 3.63) is 53.5 Å². The molecule has 0 spiro atoms. The van der Waals surface area contributed by atoms with Crippen molar-refractivity contribution in [2.75, 3.05) is 6.54 Å². The van der Waals surface area contributed by atoms with Crippen LogP contribution in [0.1, 0.15) is 42.6 Å². The molecule has 3 nitrogen and oxygen atoms in total. The summed E-state index contributed by atoms with van der Waals surface area (Å²) in [4.78, 5) is 2.64. The maximum Gasteiger partial charge on any atom is 0.117 e. The fourth-order valence-electron chi connectivity index (χ4n) is 5.70. The summed E-state index contributed by atoms with van der Waals surface area (Å²) >= 11 is 0. The number of fused-ring (bicyclic) bond motifs is 1. The largest absolute Gasteiger partial charge is 0.508 e. The lowest BCUT2D eigenvalue weighted by molar-refractivity contribution is 0.0216. The summed E-state index contributed by atoms with van der Waals surface area (Å²) in [5.74, 6) is 2.24. The molecule has 0 unspecified atom stereocenters. The van der Waals surface area contributed by atoms with E-state index in [0.29, 0.717) is 17.2 Å². The fraction of sp³-hybridized carbons (Fsp3) is 0.500. The Hall–Kier alpha value is -1.74. The summed E-state index contributed by atoms with van der Waals surface area (Å²) in [5, 5.41) is 10.0. The maximum absolute atomic E-state index is 10.0. The quantitative estimate of drug-likeness (QED) is 0.915. The highest BCUT2D eigenvalue weighted by atomic mass is 16.3. The molecular weight excluding hydrogens is 286 g/mol. The van der Waals surface area contributed by atoms with Gasteiger partial charge < -0.3 is 9.52 Å². The Morgan fingerprint density at radius 2 is 2.22 bits per heavy atom. The zero-order chi connectivity index (χ0) is 15.4. The van der Waals surface area contributed by atoms with E-state index in [1.54, 1.807) is 6.26 Å². The molecule has 0 radical (unpaired) electrons. The first-order chi connectivity index (χ1) is 11.3. The molecule has 3 atom stereocenters. The molecule has 1 saturated heterocycles. The molecule has 23 heavy (non-hydrogen) atoms. The summed E-state index contributed by atoms with van der Waals surface area (Å²) in [6, 6.07) is 10.8. The van der Waals surface area contributed by atoms with Gasteiger partial charge in [0.1, 0.15) is 11.5 Å². The van der Waals surface area contributed by atoms with Crippen molar-refractivity contribution < 1.29 is 9.52 Å². The Morgan fingerprint density at radius 3 is 3.09 bits per heavy atom. The maximum atomic E-state index is 10.0. The van der Waals surface area contributed by atoms with Crippen LogP contribution < -0.4 is 0 Å². The van der Waals surface area contributed by atoms with Crippen LogP contribution in [0.3, 0.4) is 0 Å². The van der Waals surface area contributed by atoms with Gasteiger partial charge in [0.2, 0.25) is 0 Å². The zero-order valence-corrected chi connectivity index (χ0v) is 13.4. The molecule has 5 rings (SSSR count). The Kier molecular flexibility index (Phi) is 2.90. The Labute approximate surface area is 136 Å². The minimum absolute atomic E-state index is 0.316. The summed E-state index contributed by atoms with van der Waals surface area (Å²) in [6.07, 6.45) is 8.05. The number of hydrogen-bond acceptors (Lipinski definition) is 3. The van der Waals surface area contributed by atoms with E-state index in [1.165, 1.54) is 36.8 Å². The molecule has 120 valence electrons. The summed E-state index contributed by atoms with van der Waals surface area (Å²) in [6.45, 7) is 2.06. The zero-order valence-electron chi connectivity index (χ0n) is 13.4. The number of hydrogen-bond donors (Lipinski definition) is 1. The number of rotatable bonds is 2. The van der Waals surface area contributed by atoms with Gasteiger partial charge in [0.25, 0.3) is 0 Å². The third-order valence-corrected chi connectivity index (χ3v) is 6.62. The van der Waals surface area contributed by atoms with Gasteiger partial charge >= 0.3 is 0 Å². The summed E-state index contributed by atoms with van der Waals surface area (Å²) in [7, 11) is 0. The number of benzene rings is 1. The van der Waals surface area contributed by atoms with Crippen LogP contribution in [-0.2, 0) is 18.4 Å². The average Bonchev–Trinajstić information content (AvgIpc) is 3.21. The van der Waals surface area contributed by atoms with Gasteiger partial charge in [0.05, 0.1) is 12.8 Å². The van der Waals surface area contributed by atoms with Crippen molar-refractivity contribution in [2.24, 2.45) is 5.92 Å². The first kappa shape index (κ1) is 13.7. The van der Waals surface area contributed by atoms with Crippen molar-refractivity contribution in [1.82, 2.24) is 4.90 Å². The van der Waals surface area contributed by atoms with E-state index < -0.39 is 0 Å². The van der Waals surface area contributed by atoms with Gasteiger partial charge in [0.15, 0.2) is 0 Å². The molecule has 2 heterocycles. The first-order valence-corrected chi connectivity index (χ1v) is 8.85. The normalized spacial score (nSPS) is 32.5. The van der Waals surface area contributed by atoms with Crippen LogP contribution in [0.4, 0.5) is 0 Å². The molecular formula is C20H23NO2. The molecule has 1 aromatic heterocycles. The molecule has 1 aromatic carbocycles. The smallest absolute Gasteiger partial charge is 0.117 e. The van der Waals surface area contributed by atoms with E-state index in [2.05, 4.69) is 23.1 Å².